The van der Waals surface area contributed by atoms with E-state index >= 15 is 0 Å². The van der Waals surface area contributed by atoms with Crippen LogP contribution in [0.5, 0.6) is 5.75 Å². The number of likely N-dealkylation sites (tertiary alicyclic amines) is 1. The summed E-state index contributed by atoms with van der Waals surface area (Å²) in [5.41, 5.74) is 18.0. The lowest BCUT2D eigenvalue weighted by Crippen LogP contribution is -2.61. The number of carbonyl (C=O) groups excluding carboxylic acids is 13. The third-order valence-electron chi connectivity index (χ3n) is 14.2. The molecule has 0 spiro atoms. The molecule has 496 valence electrons. The number of nitrogens with one attached hydrogen (secondary N) is 10. The third-order valence-corrected chi connectivity index (χ3v) is 14.2. The van der Waals surface area contributed by atoms with E-state index in [-0.39, 0.29) is 50.3 Å². The van der Waals surface area contributed by atoms with Gasteiger partial charge in [-0.25, -0.2) is 0 Å². The van der Waals surface area contributed by atoms with Gasteiger partial charge in [0.2, 0.25) is 76.8 Å². The van der Waals surface area contributed by atoms with Crippen molar-refractivity contribution in [3.05, 3.63) is 102 Å². The molecule has 3 aromatic rings. The highest BCUT2D eigenvalue weighted by Crippen LogP contribution is 2.19. The third kappa shape index (κ3) is 24.4. The number of aliphatic hydroxyl groups is 4. The average Bonchev–Trinajstić information content (AvgIpc) is 2.07. The molecule has 3 aromatic carbocycles. The van der Waals surface area contributed by atoms with Crippen LogP contribution in [-0.4, -0.2) is 213 Å². The molecule has 32 heteroatoms. The first-order valence-corrected chi connectivity index (χ1v) is 29.1. The van der Waals surface area contributed by atoms with Crippen LogP contribution in [0, 0.1) is 5.92 Å². The van der Waals surface area contributed by atoms with Crippen LogP contribution in [0.3, 0.4) is 0 Å². The second-order valence-corrected chi connectivity index (χ2v) is 22.0. The Bertz CT molecular complexity index is 3010. The van der Waals surface area contributed by atoms with Crippen molar-refractivity contribution in [2.24, 2.45) is 23.1 Å². The summed E-state index contributed by atoms with van der Waals surface area (Å²) in [5.74, 6) is -13.4. The van der Waals surface area contributed by atoms with Gasteiger partial charge < -0.3 is 101 Å². The number of primary amides is 2. The van der Waals surface area contributed by atoms with E-state index in [4.69, 9.17) is 17.2 Å². The number of hydrogen-bond acceptors (Lipinski definition) is 19. The smallest absolute Gasteiger partial charge is 0.245 e. The summed E-state index contributed by atoms with van der Waals surface area (Å²) in [6.45, 7) is 0.384. The molecule has 13 amide bonds. The minimum Gasteiger partial charge on any atom is -0.508 e. The minimum absolute atomic E-state index is 0.00489. The van der Waals surface area contributed by atoms with E-state index in [1.165, 1.54) is 36.1 Å². The van der Waals surface area contributed by atoms with Crippen LogP contribution < -0.4 is 70.4 Å². The topological polar surface area (TPSA) is 525 Å². The van der Waals surface area contributed by atoms with Crippen molar-refractivity contribution in [1.29, 1.82) is 0 Å². The molecule has 1 aliphatic rings. The Morgan fingerprint density at radius 2 is 0.978 bits per heavy atom. The number of carbonyl (C=O) groups is 13. The maximum absolute atomic E-state index is 14.2. The maximum Gasteiger partial charge on any atom is 0.245 e. The van der Waals surface area contributed by atoms with Gasteiger partial charge in [0, 0.05) is 25.8 Å². The summed E-state index contributed by atoms with van der Waals surface area (Å²) in [6.07, 6.45) is -2.56. The number of hydrogen-bond donors (Lipinski definition) is 18. The molecule has 1 aliphatic heterocycles. The summed E-state index contributed by atoms with van der Waals surface area (Å²) in [6, 6.07) is 6.56. The van der Waals surface area contributed by atoms with Gasteiger partial charge in [-0.2, -0.15) is 0 Å². The Labute approximate surface area is 523 Å². The van der Waals surface area contributed by atoms with Crippen LogP contribution in [-0.2, 0) is 81.6 Å². The molecule has 32 nitrogen and oxygen atoms in total. The van der Waals surface area contributed by atoms with E-state index in [1.807, 2.05) is 0 Å². The predicted octanol–water partition coefficient (Wildman–Crippen LogP) is -7.39. The van der Waals surface area contributed by atoms with Crippen LogP contribution in [0.2, 0.25) is 0 Å². The van der Waals surface area contributed by atoms with E-state index in [9.17, 15) is 87.9 Å². The van der Waals surface area contributed by atoms with E-state index in [0.717, 1.165) is 0 Å². The standard InChI is InChI=1S/C59H82N14O18/c1-31(2)21-39(56(88)72-49(32(3)77)59(91)66-38(50(62)82)22-33-11-6-4-7-12-33)65-47(80)26-63-52(84)43(29-75)70-55(87)42(25-46(61)79)68-53(85)40(23-34-13-8-5-9-14-34)67-57(89)44(30-76)71-54(86)41(24-35-16-18-36(78)19-17-35)69-58(90)45-15-10-20-73(45)48(81)27-64-51(83)37(60)28-74/h4-9,11-14,16-19,31-32,37-45,49,74-78H,10,15,20-30,60H2,1-3H3,(H2,61,79)(H2,62,82)(H,63,84)(H,64,83)(H,65,80)(H,66,91)(H,67,89)(H,68,85)(H,69,90)(H,70,87)(H,71,86)(H,72,88)/t32-,37+,38+,39+,40+,41+,42+,43+,44+,45+,49+/m1/s1. The van der Waals surface area contributed by atoms with Crippen LogP contribution in [0.15, 0.2) is 84.9 Å². The molecule has 1 fully saturated rings. The highest BCUT2D eigenvalue weighted by molar-refractivity contribution is 6.00. The number of phenolic OH excluding ortho intramolecular Hbond substituents is 1. The van der Waals surface area contributed by atoms with Crippen molar-refractivity contribution < 1.29 is 87.9 Å². The quantitative estimate of drug-likeness (QED) is 0.0257. The van der Waals surface area contributed by atoms with Gasteiger partial charge in [-0.1, -0.05) is 86.6 Å². The first kappa shape index (κ1) is 73.8. The Morgan fingerprint density at radius 1 is 0.516 bits per heavy atom. The van der Waals surface area contributed by atoms with Gasteiger partial charge in [-0.05, 0) is 60.9 Å². The molecule has 91 heavy (non-hydrogen) atoms. The number of nitrogens with zero attached hydrogens (tertiary/aromatic N) is 1. The summed E-state index contributed by atoms with van der Waals surface area (Å²) in [4.78, 5) is 175. The number of aliphatic hydroxyl groups excluding tert-OH is 4. The lowest BCUT2D eigenvalue weighted by Gasteiger charge is -2.28. The van der Waals surface area contributed by atoms with Gasteiger partial charge in [-0.15, -0.1) is 0 Å². The minimum atomic E-state index is -1.91. The molecule has 4 rings (SSSR count). The van der Waals surface area contributed by atoms with E-state index in [2.05, 4.69) is 53.2 Å². The lowest BCUT2D eigenvalue weighted by atomic mass is 10.0. The van der Waals surface area contributed by atoms with Gasteiger partial charge >= 0.3 is 0 Å². The Balaban J connectivity index is 1.45. The number of benzene rings is 3. The van der Waals surface area contributed by atoms with Crippen LogP contribution in [0.1, 0.15) is 63.1 Å². The molecule has 11 atom stereocenters. The Kier molecular flexibility index (Phi) is 29.8. The SMILES string of the molecule is CC(C)C[C@H](NC(=O)CNC(=O)[C@H](CO)NC(=O)[C@H](CC(N)=O)NC(=O)[C@H](Cc1ccccc1)NC(=O)[C@H](CO)NC(=O)[C@H](Cc1ccc(O)cc1)NC(=O)[C@@H]1CCCN1C(=O)CNC(=O)[C@@H](N)CO)C(=O)N[C@H](C(=O)N[C@@H](Cc1ccccc1)C(N)=O)[C@@H](C)O. The molecule has 0 unspecified atom stereocenters. The zero-order valence-corrected chi connectivity index (χ0v) is 50.4. The summed E-state index contributed by atoms with van der Waals surface area (Å²) >= 11 is 0. The van der Waals surface area contributed by atoms with Crippen molar-refractivity contribution in [2.45, 2.75) is 132 Å². The number of rotatable bonds is 36. The molecule has 0 aliphatic carbocycles. The van der Waals surface area contributed by atoms with E-state index in [0.29, 0.717) is 23.1 Å². The summed E-state index contributed by atoms with van der Waals surface area (Å²) < 4.78 is 0. The Morgan fingerprint density at radius 3 is 1.49 bits per heavy atom. The monoisotopic (exact) mass is 1270 g/mol. The summed E-state index contributed by atoms with van der Waals surface area (Å²) in [5, 5.41) is 73.9. The molecular weight excluding hydrogens is 1190 g/mol. The molecule has 1 saturated heterocycles. The Hall–Kier alpha value is -9.63. The molecule has 21 N–H and O–H groups in total. The number of nitrogens with two attached hydrogens (primary N) is 3. The first-order chi connectivity index (χ1) is 43.1. The number of aromatic hydroxyl groups is 1. The van der Waals surface area contributed by atoms with Crippen LogP contribution >= 0.6 is 0 Å². The molecule has 0 aromatic heterocycles. The van der Waals surface area contributed by atoms with E-state index in [1.54, 1.807) is 74.5 Å². The highest BCUT2D eigenvalue weighted by atomic mass is 16.3. The van der Waals surface area contributed by atoms with Gasteiger partial charge in [0.25, 0.3) is 0 Å². The summed E-state index contributed by atoms with van der Waals surface area (Å²) in [7, 11) is 0. The maximum atomic E-state index is 14.2. The van der Waals surface area contributed by atoms with Crippen molar-refractivity contribution in [1.82, 2.24) is 58.1 Å². The average molecular weight is 1280 g/mol. The molecule has 0 bridgehead atoms. The second-order valence-electron chi connectivity index (χ2n) is 22.0. The van der Waals surface area contributed by atoms with Crippen molar-refractivity contribution >= 4 is 76.8 Å². The van der Waals surface area contributed by atoms with Crippen molar-refractivity contribution in [3.8, 4) is 5.75 Å². The van der Waals surface area contributed by atoms with Gasteiger partial charge in [0.05, 0.1) is 45.4 Å². The van der Waals surface area contributed by atoms with Gasteiger partial charge in [-0.3, -0.25) is 62.3 Å². The normalized spacial score (nSPS) is 16.0. The van der Waals surface area contributed by atoms with Crippen molar-refractivity contribution in [2.75, 3.05) is 39.5 Å². The van der Waals surface area contributed by atoms with Gasteiger partial charge in [0.15, 0.2) is 0 Å². The van der Waals surface area contributed by atoms with Crippen LogP contribution in [0.4, 0.5) is 0 Å². The predicted molar refractivity (Wildman–Crippen MR) is 322 cm³/mol. The second kappa shape index (κ2) is 36.8. The largest absolute Gasteiger partial charge is 0.508 e. The van der Waals surface area contributed by atoms with Gasteiger partial charge in [0.1, 0.15) is 66.2 Å². The highest BCUT2D eigenvalue weighted by Gasteiger charge is 2.39. The zero-order valence-electron chi connectivity index (χ0n) is 50.4. The fourth-order valence-corrected chi connectivity index (χ4v) is 9.34. The van der Waals surface area contributed by atoms with Crippen molar-refractivity contribution in [3.63, 3.8) is 0 Å². The fraction of sp³-hybridized carbons (Fsp3) is 0.475. The fourth-order valence-electron chi connectivity index (χ4n) is 9.34. The first-order valence-electron chi connectivity index (χ1n) is 29.1. The zero-order chi connectivity index (χ0) is 67.5. The molecule has 1 heterocycles. The van der Waals surface area contributed by atoms with Crippen LogP contribution in [0.25, 0.3) is 0 Å². The number of amides is 13. The molecule has 0 saturated carbocycles. The lowest BCUT2D eigenvalue weighted by molar-refractivity contribution is -0.140. The molecule has 0 radical (unpaired) electrons. The molecular formula is C59H82N14O18. The van der Waals surface area contributed by atoms with E-state index < -0.39 is 183 Å². The number of phenols is 1.